The molecule has 300 valence electrons. The van der Waals surface area contributed by atoms with E-state index in [1.807, 2.05) is 114 Å². The van der Waals surface area contributed by atoms with Crippen LogP contribution in [0.1, 0.15) is 64.0 Å². The number of carbonyl (C=O) groups is 4. The SMILES string of the molecule is COC(=O)N[C@H](C(=O)N[C@H](Cc1ccc(-c2ccccn2)cc1)C[C@H](O)[C@H](Cc1ccccc1)NC(=O)[C@@H](NC(=O)OCc1cncs1)C(C)(C)C)C(C)(C)C. The van der Waals surface area contributed by atoms with Crippen LogP contribution in [0.15, 0.2) is 90.7 Å². The lowest BCUT2D eigenvalue weighted by Crippen LogP contribution is -2.59. The van der Waals surface area contributed by atoms with E-state index in [4.69, 9.17) is 9.47 Å². The average molecular weight is 787 g/mol. The molecule has 2 heterocycles. The first-order chi connectivity index (χ1) is 26.5. The molecule has 0 fully saturated rings. The van der Waals surface area contributed by atoms with Crippen molar-refractivity contribution in [3.05, 3.63) is 107 Å². The fourth-order valence-corrected chi connectivity index (χ4v) is 6.62. The first-order valence-electron chi connectivity index (χ1n) is 18.5. The third-order valence-corrected chi connectivity index (χ3v) is 9.91. The Balaban J connectivity index is 1.60. The molecule has 4 amide bonds. The summed E-state index contributed by atoms with van der Waals surface area (Å²) in [6.45, 7) is 11.0. The number of pyridine rings is 1. The summed E-state index contributed by atoms with van der Waals surface area (Å²) < 4.78 is 10.2. The number of carbonyl (C=O) groups excluding carboxylic acids is 4. The Hall–Kier alpha value is -5.34. The zero-order valence-electron chi connectivity index (χ0n) is 33.1. The van der Waals surface area contributed by atoms with Crippen LogP contribution in [0.3, 0.4) is 0 Å². The number of nitrogens with zero attached hydrogens (tertiary/aromatic N) is 2. The molecule has 14 heteroatoms. The summed E-state index contributed by atoms with van der Waals surface area (Å²) in [5.41, 5.74) is 3.70. The summed E-state index contributed by atoms with van der Waals surface area (Å²) in [5, 5.41) is 23.5. The van der Waals surface area contributed by atoms with E-state index in [0.29, 0.717) is 6.42 Å². The predicted octanol–water partition coefficient (Wildman–Crippen LogP) is 5.82. The van der Waals surface area contributed by atoms with E-state index >= 15 is 0 Å². The molecule has 0 bridgehead atoms. The molecule has 0 saturated carbocycles. The minimum atomic E-state index is -1.17. The minimum absolute atomic E-state index is 0.00846. The molecule has 4 rings (SSSR count). The van der Waals surface area contributed by atoms with Crippen molar-refractivity contribution in [2.45, 2.75) is 97.7 Å². The lowest BCUT2D eigenvalue weighted by Gasteiger charge is -2.34. The van der Waals surface area contributed by atoms with Crippen molar-refractivity contribution in [3.63, 3.8) is 0 Å². The fraction of sp³-hybridized carbons (Fsp3) is 0.429. The van der Waals surface area contributed by atoms with Crippen LogP contribution in [-0.2, 0) is 38.5 Å². The number of ether oxygens (including phenoxy) is 2. The van der Waals surface area contributed by atoms with Crippen molar-refractivity contribution in [1.29, 1.82) is 0 Å². The molecule has 56 heavy (non-hydrogen) atoms. The number of aliphatic hydroxyl groups is 1. The molecule has 13 nitrogen and oxygen atoms in total. The molecule has 0 saturated heterocycles. The van der Waals surface area contributed by atoms with Crippen molar-refractivity contribution in [2.75, 3.05) is 7.11 Å². The van der Waals surface area contributed by atoms with E-state index < -0.39 is 65.1 Å². The Bertz CT molecular complexity index is 1850. The van der Waals surface area contributed by atoms with Gasteiger partial charge in [-0.3, -0.25) is 19.6 Å². The van der Waals surface area contributed by atoms with Gasteiger partial charge in [0.15, 0.2) is 0 Å². The van der Waals surface area contributed by atoms with E-state index in [1.165, 1.54) is 18.4 Å². The third-order valence-electron chi connectivity index (χ3n) is 9.15. The number of hydrogen-bond donors (Lipinski definition) is 5. The van der Waals surface area contributed by atoms with Crippen molar-refractivity contribution in [2.24, 2.45) is 10.8 Å². The molecular weight excluding hydrogens is 733 g/mol. The van der Waals surface area contributed by atoms with Gasteiger partial charge in [0.05, 0.1) is 35.3 Å². The van der Waals surface area contributed by atoms with E-state index in [9.17, 15) is 24.3 Å². The van der Waals surface area contributed by atoms with Gasteiger partial charge in [-0.15, -0.1) is 11.3 Å². The highest BCUT2D eigenvalue weighted by atomic mass is 32.1. The molecule has 0 aliphatic rings. The van der Waals surface area contributed by atoms with Gasteiger partial charge in [-0.25, -0.2) is 9.59 Å². The first-order valence-corrected chi connectivity index (χ1v) is 19.4. The molecule has 4 aromatic rings. The normalized spacial score (nSPS) is 14.3. The Kier molecular flexibility index (Phi) is 15.5. The molecule has 0 aliphatic carbocycles. The molecule has 2 aromatic heterocycles. The van der Waals surface area contributed by atoms with Crippen LogP contribution in [0.5, 0.6) is 0 Å². The van der Waals surface area contributed by atoms with E-state index in [1.54, 1.807) is 17.9 Å². The minimum Gasteiger partial charge on any atom is -0.453 e. The summed E-state index contributed by atoms with van der Waals surface area (Å²) in [6, 6.07) is 19.4. The van der Waals surface area contributed by atoms with Gasteiger partial charge in [-0.05, 0) is 53.4 Å². The van der Waals surface area contributed by atoms with Gasteiger partial charge in [0.2, 0.25) is 11.8 Å². The zero-order valence-corrected chi connectivity index (χ0v) is 33.9. The summed E-state index contributed by atoms with van der Waals surface area (Å²) in [6.07, 6.45) is 1.26. The monoisotopic (exact) mass is 786 g/mol. The number of aliphatic hydroxyl groups excluding tert-OH is 1. The number of nitrogens with one attached hydrogen (secondary N) is 4. The Labute approximate surface area is 333 Å². The average Bonchev–Trinajstić information content (AvgIpc) is 3.68. The number of thiazole rings is 1. The van der Waals surface area contributed by atoms with Crippen LogP contribution < -0.4 is 21.3 Å². The molecule has 0 spiro atoms. The fourth-order valence-electron chi connectivity index (χ4n) is 6.12. The van der Waals surface area contributed by atoms with Crippen molar-refractivity contribution in [1.82, 2.24) is 31.2 Å². The van der Waals surface area contributed by atoms with Crippen LogP contribution in [0.4, 0.5) is 9.59 Å². The van der Waals surface area contributed by atoms with Gasteiger partial charge in [-0.1, -0.05) is 102 Å². The van der Waals surface area contributed by atoms with Crippen molar-refractivity contribution < 1.29 is 33.8 Å². The number of methoxy groups -OCH3 is 1. The highest BCUT2D eigenvalue weighted by Crippen LogP contribution is 2.24. The lowest BCUT2D eigenvalue weighted by atomic mass is 9.85. The Morgan fingerprint density at radius 3 is 1.93 bits per heavy atom. The van der Waals surface area contributed by atoms with Gasteiger partial charge in [0.25, 0.3) is 0 Å². The van der Waals surface area contributed by atoms with Gasteiger partial charge in [0.1, 0.15) is 18.7 Å². The van der Waals surface area contributed by atoms with Gasteiger partial charge in [-0.2, -0.15) is 0 Å². The molecule has 5 N–H and O–H groups in total. The second-order valence-electron chi connectivity index (χ2n) is 15.9. The lowest BCUT2D eigenvalue weighted by molar-refractivity contribution is -0.128. The number of aromatic nitrogens is 2. The second-order valence-corrected chi connectivity index (χ2v) is 16.8. The predicted molar refractivity (Wildman–Crippen MR) is 215 cm³/mol. The van der Waals surface area contributed by atoms with Crippen LogP contribution >= 0.6 is 11.3 Å². The Morgan fingerprint density at radius 1 is 0.750 bits per heavy atom. The summed E-state index contributed by atoms with van der Waals surface area (Å²) in [5.74, 6) is -0.962. The quantitative estimate of drug-likeness (QED) is 0.0935. The van der Waals surface area contributed by atoms with Gasteiger partial charge >= 0.3 is 12.2 Å². The maximum atomic E-state index is 14.1. The maximum absolute atomic E-state index is 14.1. The largest absolute Gasteiger partial charge is 0.453 e. The molecule has 0 unspecified atom stereocenters. The van der Waals surface area contributed by atoms with E-state index in [-0.39, 0.29) is 19.4 Å². The van der Waals surface area contributed by atoms with Crippen molar-refractivity contribution in [3.8, 4) is 11.3 Å². The van der Waals surface area contributed by atoms with E-state index in [2.05, 4.69) is 31.2 Å². The zero-order chi connectivity index (χ0) is 40.9. The highest BCUT2D eigenvalue weighted by Gasteiger charge is 2.37. The molecular formula is C42H54N6O7S. The van der Waals surface area contributed by atoms with Crippen LogP contribution in [-0.4, -0.2) is 76.5 Å². The molecule has 2 aromatic carbocycles. The molecule has 0 radical (unpaired) electrons. The van der Waals surface area contributed by atoms with Crippen molar-refractivity contribution >= 4 is 35.3 Å². The van der Waals surface area contributed by atoms with Gasteiger partial charge in [0, 0.05) is 24.0 Å². The first kappa shape index (κ1) is 43.4. The maximum Gasteiger partial charge on any atom is 0.408 e. The van der Waals surface area contributed by atoms with Gasteiger partial charge < -0.3 is 35.8 Å². The smallest absolute Gasteiger partial charge is 0.408 e. The summed E-state index contributed by atoms with van der Waals surface area (Å²) >= 11 is 1.35. The third kappa shape index (κ3) is 13.4. The van der Waals surface area contributed by atoms with E-state index in [0.717, 1.165) is 27.3 Å². The number of rotatable bonds is 16. The topological polar surface area (TPSA) is 181 Å². The number of alkyl carbamates (subject to hydrolysis) is 2. The summed E-state index contributed by atoms with van der Waals surface area (Å²) in [4.78, 5) is 62.4. The van der Waals surface area contributed by atoms with Crippen LogP contribution in [0.25, 0.3) is 11.3 Å². The number of hydrogen-bond acceptors (Lipinski definition) is 10. The second kappa shape index (κ2) is 20.0. The highest BCUT2D eigenvalue weighted by molar-refractivity contribution is 7.09. The Morgan fingerprint density at radius 2 is 1.36 bits per heavy atom. The number of benzene rings is 2. The van der Waals surface area contributed by atoms with Crippen LogP contribution in [0, 0.1) is 10.8 Å². The number of amides is 4. The molecule has 0 aliphatic heterocycles. The molecule has 5 atom stereocenters. The van der Waals surface area contributed by atoms with Crippen LogP contribution in [0.2, 0.25) is 0 Å². The summed E-state index contributed by atoms with van der Waals surface area (Å²) in [7, 11) is 1.23. The standard InChI is InChI=1S/C42H54N6O7S/c1-41(2,3)35(47-39(52)54-7)37(50)45-30(21-28-16-18-29(19-17-28)32-15-11-12-20-44-32)23-34(49)33(22-27-13-9-8-10-14-27)46-38(51)36(42(4,5)6)48-40(53)55-25-31-24-43-26-56-31/h8-20,24,26,30,33-36,49H,21-23,25H2,1-7H3,(H,45,50)(H,46,51)(H,47,52)(H,48,53)/t30-,33+,34+,35-,36-/m1/s1.